The Morgan fingerprint density at radius 1 is 0.952 bits per heavy atom. The highest BCUT2D eigenvalue weighted by Crippen LogP contribution is 2.31. The molecule has 1 aliphatic carbocycles. The lowest BCUT2D eigenvalue weighted by atomic mass is 9.90. The summed E-state index contributed by atoms with van der Waals surface area (Å²) in [6.45, 7) is 2.21. The van der Waals surface area contributed by atoms with Crippen molar-refractivity contribution in [2.45, 2.75) is 24.7 Å². The summed E-state index contributed by atoms with van der Waals surface area (Å²) in [6, 6.07) is 15.5. The molecule has 3 rings (SSSR count). The van der Waals surface area contributed by atoms with Crippen LogP contribution < -0.4 is 0 Å². The van der Waals surface area contributed by atoms with E-state index in [0.717, 1.165) is 12.8 Å². The number of hydrogen-bond acceptors (Lipinski definition) is 1. The van der Waals surface area contributed by atoms with E-state index in [-0.39, 0.29) is 0 Å². The minimum Gasteiger partial charge on any atom is -0.130 e. The topological polar surface area (TPSA) is 0 Å². The Balaban J connectivity index is 2.06. The van der Waals surface area contributed by atoms with Gasteiger partial charge in [-0.25, -0.2) is 0 Å². The Bertz CT molecular complexity index is 690. The summed E-state index contributed by atoms with van der Waals surface area (Å²) < 4.78 is 0. The van der Waals surface area contributed by atoms with Crippen LogP contribution in [0.15, 0.2) is 65.1 Å². The highest BCUT2D eigenvalue weighted by molar-refractivity contribution is 7.98. The van der Waals surface area contributed by atoms with Crippen LogP contribution in [0.25, 0.3) is 17.2 Å². The molecule has 0 saturated carbocycles. The number of hydrogen-bond donors (Lipinski definition) is 0. The van der Waals surface area contributed by atoms with Crippen LogP contribution in [-0.4, -0.2) is 6.26 Å². The van der Waals surface area contributed by atoms with Crippen molar-refractivity contribution in [2.24, 2.45) is 0 Å². The van der Waals surface area contributed by atoms with Gasteiger partial charge in [0.1, 0.15) is 0 Å². The molecule has 0 fully saturated rings. The zero-order chi connectivity index (χ0) is 14.7. The monoisotopic (exact) mass is 292 g/mol. The van der Waals surface area contributed by atoms with E-state index in [1.54, 1.807) is 11.8 Å². The third kappa shape index (κ3) is 3.14. The quantitative estimate of drug-likeness (QED) is 0.613. The highest BCUT2D eigenvalue weighted by Gasteiger charge is 2.10. The van der Waals surface area contributed by atoms with Gasteiger partial charge in [-0.3, -0.25) is 0 Å². The van der Waals surface area contributed by atoms with Gasteiger partial charge in [0.05, 0.1) is 0 Å². The maximum Gasteiger partial charge on any atom is 0.00695 e. The van der Waals surface area contributed by atoms with Gasteiger partial charge in [-0.2, -0.15) is 0 Å². The van der Waals surface area contributed by atoms with E-state index in [1.165, 1.54) is 32.7 Å². The molecule has 0 atom stereocenters. The zero-order valence-corrected chi connectivity index (χ0v) is 13.4. The van der Waals surface area contributed by atoms with E-state index < -0.39 is 0 Å². The molecule has 1 heteroatoms. The molecular weight excluding hydrogens is 272 g/mol. The first-order chi connectivity index (χ1) is 10.3. The van der Waals surface area contributed by atoms with E-state index in [2.05, 4.69) is 73.9 Å². The molecule has 0 heterocycles. The van der Waals surface area contributed by atoms with Crippen molar-refractivity contribution in [1.82, 2.24) is 0 Å². The second kappa shape index (κ2) is 6.36. The van der Waals surface area contributed by atoms with Crippen molar-refractivity contribution in [1.29, 1.82) is 0 Å². The molecule has 2 aromatic rings. The molecular formula is C20H20S. The van der Waals surface area contributed by atoms with Gasteiger partial charge in [0, 0.05) is 4.90 Å². The number of allylic oxidation sites excluding steroid dienone is 3. The summed E-state index contributed by atoms with van der Waals surface area (Å²) in [6.07, 6.45) is 11.0. The van der Waals surface area contributed by atoms with Crippen LogP contribution >= 0.6 is 11.8 Å². The number of fused-ring (bicyclic) bond motifs is 1. The fourth-order valence-electron chi connectivity index (χ4n) is 2.80. The average Bonchev–Trinajstić information content (AvgIpc) is 2.51. The summed E-state index contributed by atoms with van der Waals surface area (Å²) >= 11 is 1.79. The summed E-state index contributed by atoms with van der Waals surface area (Å²) in [4.78, 5) is 1.32. The van der Waals surface area contributed by atoms with E-state index >= 15 is 0 Å². The van der Waals surface area contributed by atoms with Crippen LogP contribution in [0.5, 0.6) is 0 Å². The van der Waals surface area contributed by atoms with Crippen LogP contribution in [0.2, 0.25) is 0 Å². The summed E-state index contributed by atoms with van der Waals surface area (Å²) in [7, 11) is 0. The minimum absolute atomic E-state index is 1.11. The second-order valence-electron chi connectivity index (χ2n) is 5.47. The Kier molecular flexibility index (Phi) is 4.31. The smallest absolute Gasteiger partial charge is 0.00695 e. The maximum atomic E-state index is 2.25. The van der Waals surface area contributed by atoms with Crippen LogP contribution in [0.3, 0.4) is 0 Å². The summed E-state index contributed by atoms with van der Waals surface area (Å²) in [5, 5.41) is 0. The van der Waals surface area contributed by atoms with E-state index in [0.29, 0.717) is 0 Å². The third-order valence-corrected chi connectivity index (χ3v) is 4.78. The predicted octanol–water partition coefficient (Wildman–Crippen LogP) is 5.98. The molecule has 0 aliphatic heterocycles. The van der Waals surface area contributed by atoms with Gasteiger partial charge in [0.25, 0.3) is 0 Å². The van der Waals surface area contributed by atoms with Crippen LogP contribution in [0.4, 0.5) is 0 Å². The number of rotatable bonds is 2. The van der Waals surface area contributed by atoms with Gasteiger partial charge in [0.15, 0.2) is 0 Å². The SMILES string of the molecule is CSc1ccc(-c2cccc3c2CC/C(C)=C/C=C3)cc1. The molecule has 0 N–H and O–H groups in total. The standard InChI is InChI=1S/C20H20S/c1-15-5-3-6-16-7-4-8-19(20(16)14-9-15)17-10-12-18(21-2)13-11-17/h3-8,10-13H,9,14H2,1-2H3/b6-3?,15-5+. The molecule has 0 unspecified atom stereocenters. The molecule has 0 aromatic heterocycles. The number of benzene rings is 2. The Morgan fingerprint density at radius 2 is 1.76 bits per heavy atom. The predicted molar refractivity (Wildman–Crippen MR) is 94.8 cm³/mol. The molecule has 106 valence electrons. The van der Waals surface area contributed by atoms with E-state index in [9.17, 15) is 0 Å². The van der Waals surface area contributed by atoms with E-state index in [4.69, 9.17) is 0 Å². The van der Waals surface area contributed by atoms with Gasteiger partial charge in [0.2, 0.25) is 0 Å². The fraction of sp³-hybridized carbons (Fsp3) is 0.200. The number of thioether (sulfide) groups is 1. The van der Waals surface area contributed by atoms with Gasteiger partial charge in [-0.15, -0.1) is 11.8 Å². The molecule has 0 nitrogen and oxygen atoms in total. The van der Waals surface area contributed by atoms with Gasteiger partial charge >= 0.3 is 0 Å². The Labute approximate surface area is 131 Å². The molecule has 0 saturated heterocycles. The van der Waals surface area contributed by atoms with Crippen molar-refractivity contribution in [3.05, 3.63) is 71.3 Å². The summed E-state index contributed by atoms with van der Waals surface area (Å²) in [5.41, 5.74) is 6.97. The molecule has 1 aliphatic rings. The first-order valence-corrected chi connectivity index (χ1v) is 8.60. The van der Waals surface area contributed by atoms with Crippen molar-refractivity contribution in [3.63, 3.8) is 0 Å². The lowest BCUT2D eigenvalue weighted by Crippen LogP contribution is -1.97. The van der Waals surface area contributed by atoms with E-state index in [1.807, 2.05) is 0 Å². The van der Waals surface area contributed by atoms with Gasteiger partial charge < -0.3 is 0 Å². The first-order valence-electron chi connectivity index (χ1n) is 7.38. The van der Waals surface area contributed by atoms with Gasteiger partial charge in [-0.1, -0.05) is 54.1 Å². The molecule has 0 spiro atoms. The molecule has 0 bridgehead atoms. The average molecular weight is 292 g/mol. The molecule has 0 amide bonds. The zero-order valence-electron chi connectivity index (χ0n) is 12.6. The highest BCUT2D eigenvalue weighted by atomic mass is 32.2. The molecule has 2 aromatic carbocycles. The molecule has 21 heavy (non-hydrogen) atoms. The maximum absolute atomic E-state index is 2.25. The van der Waals surface area contributed by atoms with Crippen LogP contribution in [0, 0.1) is 0 Å². The fourth-order valence-corrected chi connectivity index (χ4v) is 3.21. The third-order valence-electron chi connectivity index (χ3n) is 4.04. The van der Waals surface area contributed by atoms with Crippen molar-refractivity contribution in [3.8, 4) is 11.1 Å². The Hall–Kier alpha value is -1.73. The van der Waals surface area contributed by atoms with Crippen molar-refractivity contribution in [2.75, 3.05) is 6.26 Å². The first kappa shape index (κ1) is 14.2. The van der Waals surface area contributed by atoms with Crippen molar-refractivity contribution >= 4 is 17.8 Å². The normalized spacial score (nSPS) is 16.6. The lowest BCUT2D eigenvalue weighted by Gasteiger charge is -2.15. The largest absolute Gasteiger partial charge is 0.130 e. The minimum atomic E-state index is 1.11. The van der Waals surface area contributed by atoms with Crippen molar-refractivity contribution < 1.29 is 0 Å². The second-order valence-corrected chi connectivity index (χ2v) is 6.35. The summed E-state index contributed by atoms with van der Waals surface area (Å²) in [5.74, 6) is 0. The van der Waals surface area contributed by atoms with Crippen LogP contribution in [0.1, 0.15) is 24.5 Å². The van der Waals surface area contributed by atoms with Gasteiger partial charge in [-0.05, 0) is 60.4 Å². The Morgan fingerprint density at radius 3 is 2.52 bits per heavy atom. The molecule has 0 radical (unpaired) electrons. The van der Waals surface area contributed by atoms with Crippen LogP contribution in [-0.2, 0) is 6.42 Å². The lowest BCUT2D eigenvalue weighted by molar-refractivity contribution is 0.938.